The van der Waals surface area contributed by atoms with Crippen molar-refractivity contribution in [3.05, 3.63) is 29.8 Å². The number of amides is 2. The number of likely N-dealkylation sites (N-methyl/N-ethyl adjacent to an activating group) is 1. The maximum atomic E-state index is 13.0. The van der Waals surface area contributed by atoms with Crippen molar-refractivity contribution in [3.63, 3.8) is 0 Å². The molecule has 1 aromatic carbocycles. The van der Waals surface area contributed by atoms with E-state index in [0.717, 1.165) is 56.9 Å². The number of carbonyl (C=O) groups is 1. The van der Waals surface area contributed by atoms with Gasteiger partial charge in [0.05, 0.1) is 13.2 Å². The van der Waals surface area contributed by atoms with Crippen LogP contribution in [0, 0.1) is 5.92 Å². The average Bonchev–Trinajstić information content (AvgIpc) is 3.18. The summed E-state index contributed by atoms with van der Waals surface area (Å²) in [7, 11) is 3.87. The van der Waals surface area contributed by atoms with Gasteiger partial charge in [0.25, 0.3) is 0 Å². The quantitative estimate of drug-likeness (QED) is 0.814. The molecular formula is C22H36N4O2. The Morgan fingerprint density at radius 3 is 2.57 bits per heavy atom. The monoisotopic (exact) mass is 388 g/mol. The number of nitrogens with zero attached hydrogens (tertiary/aromatic N) is 3. The largest absolute Gasteiger partial charge is 0.496 e. The third-order valence-corrected chi connectivity index (χ3v) is 6.25. The highest BCUT2D eigenvalue weighted by Gasteiger charge is 2.33. The van der Waals surface area contributed by atoms with Crippen molar-refractivity contribution in [2.75, 3.05) is 53.4 Å². The Morgan fingerprint density at radius 1 is 1.18 bits per heavy atom. The lowest BCUT2D eigenvalue weighted by molar-refractivity contribution is 0.0873. The van der Waals surface area contributed by atoms with Crippen LogP contribution in [0.3, 0.4) is 0 Å². The van der Waals surface area contributed by atoms with Crippen LogP contribution in [0.5, 0.6) is 5.75 Å². The van der Waals surface area contributed by atoms with Crippen molar-refractivity contribution in [2.45, 2.75) is 38.8 Å². The van der Waals surface area contributed by atoms with Crippen LogP contribution >= 0.6 is 0 Å². The molecule has 2 aliphatic heterocycles. The lowest BCUT2D eigenvalue weighted by Crippen LogP contribution is -2.55. The van der Waals surface area contributed by atoms with Gasteiger partial charge in [-0.3, -0.25) is 4.90 Å². The first-order chi connectivity index (χ1) is 13.5. The van der Waals surface area contributed by atoms with Crippen molar-refractivity contribution in [1.82, 2.24) is 20.0 Å². The zero-order valence-corrected chi connectivity index (χ0v) is 17.9. The number of rotatable bonds is 6. The zero-order valence-electron chi connectivity index (χ0n) is 17.9. The van der Waals surface area contributed by atoms with E-state index in [1.165, 1.54) is 0 Å². The zero-order chi connectivity index (χ0) is 20.1. The Kier molecular flexibility index (Phi) is 7.18. The van der Waals surface area contributed by atoms with Gasteiger partial charge in [-0.1, -0.05) is 32.0 Å². The predicted octanol–water partition coefficient (Wildman–Crippen LogP) is 2.81. The van der Waals surface area contributed by atoms with Gasteiger partial charge in [0.1, 0.15) is 5.75 Å². The highest BCUT2D eigenvalue weighted by molar-refractivity contribution is 5.75. The second kappa shape index (κ2) is 9.61. The Balaban J connectivity index is 1.62. The highest BCUT2D eigenvalue weighted by atomic mass is 16.5. The molecule has 2 saturated heterocycles. The standard InChI is InChI=1S/C22H36N4O2/c1-17(2)20(25-14-12-24(3)13-15-25)16-23-22(27)26-11-7-9-19(26)18-8-5-6-10-21(18)28-4/h5-6,8,10,17,19-20H,7,9,11-16H2,1-4H3,(H,23,27). The molecule has 0 spiro atoms. The lowest BCUT2D eigenvalue weighted by atomic mass is 10.0. The first-order valence-electron chi connectivity index (χ1n) is 10.6. The number of carbonyl (C=O) groups excluding carboxylic acids is 1. The smallest absolute Gasteiger partial charge is 0.317 e. The maximum absolute atomic E-state index is 13.0. The van der Waals surface area contributed by atoms with Gasteiger partial charge in [-0.15, -0.1) is 0 Å². The van der Waals surface area contributed by atoms with Gasteiger partial charge in [0.2, 0.25) is 0 Å². The molecule has 2 aliphatic rings. The normalized spacial score (nSPS) is 22.5. The molecule has 2 fully saturated rings. The number of piperazine rings is 1. The summed E-state index contributed by atoms with van der Waals surface area (Å²) in [5, 5.41) is 3.24. The third kappa shape index (κ3) is 4.78. The lowest BCUT2D eigenvalue weighted by Gasteiger charge is -2.40. The van der Waals surface area contributed by atoms with Crippen molar-refractivity contribution in [1.29, 1.82) is 0 Å². The molecule has 1 N–H and O–H groups in total. The predicted molar refractivity (Wildman–Crippen MR) is 113 cm³/mol. The van der Waals surface area contributed by atoms with Crippen LogP contribution in [0.15, 0.2) is 24.3 Å². The molecule has 2 amide bonds. The first kappa shape index (κ1) is 20.9. The Morgan fingerprint density at radius 2 is 1.89 bits per heavy atom. The summed E-state index contributed by atoms with van der Waals surface area (Å²) in [4.78, 5) is 19.9. The summed E-state index contributed by atoms with van der Waals surface area (Å²) in [6.07, 6.45) is 2.02. The molecule has 3 rings (SSSR count). The molecular weight excluding hydrogens is 352 g/mol. The van der Waals surface area contributed by atoms with Crippen LogP contribution in [-0.2, 0) is 0 Å². The fraction of sp³-hybridized carbons (Fsp3) is 0.682. The molecule has 0 bridgehead atoms. The van der Waals surface area contributed by atoms with Gasteiger partial charge in [0.15, 0.2) is 0 Å². The number of methoxy groups -OCH3 is 1. The van der Waals surface area contributed by atoms with Gasteiger partial charge in [-0.05, 0) is 31.9 Å². The van der Waals surface area contributed by atoms with Crippen molar-refractivity contribution < 1.29 is 9.53 Å². The van der Waals surface area contributed by atoms with Gasteiger partial charge >= 0.3 is 6.03 Å². The summed E-state index contributed by atoms with van der Waals surface area (Å²) in [5.41, 5.74) is 1.11. The third-order valence-electron chi connectivity index (χ3n) is 6.25. The molecule has 2 unspecified atom stereocenters. The summed E-state index contributed by atoms with van der Waals surface area (Å²) in [6.45, 7) is 10.3. The topological polar surface area (TPSA) is 48.1 Å². The molecule has 28 heavy (non-hydrogen) atoms. The van der Waals surface area contributed by atoms with E-state index in [1.807, 2.05) is 23.1 Å². The SMILES string of the molecule is COc1ccccc1C1CCCN1C(=O)NCC(C(C)C)N1CCN(C)CC1. The van der Waals surface area contributed by atoms with E-state index in [1.54, 1.807) is 7.11 Å². The number of benzene rings is 1. The molecule has 6 nitrogen and oxygen atoms in total. The Labute approximate surface area is 169 Å². The summed E-state index contributed by atoms with van der Waals surface area (Å²) < 4.78 is 5.53. The number of para-hydroxylation sites is 1. The van der Waals surface area contributed by atoms with Crippen LogP contribution in [-0.4, -0.2) is 80.2 Å². The minimum atomic E-state index is 0.0492. The van der Waals surface area contributed by atoms with Crippen molar-refractivity contribution in [3.8, 4) is 5.75 Å². The molecule has 0 radical (unpaired) electrons. The first-order valence-corrected chi connectivity index (χ1v) is 10.6. The summed E-state index contributed by atoms with van der Waals surface area (Å²) in [5.74, 6) is 1.37. The molecule has 2 atom stereocenters. The summed E-state index contributed by atoms with van der Waals surface area (Å²) in [6, 6.07) is 8.58. The number of hydrogen-bond donors (Lipinski definition) is 1. The summed E-state index contributed by atoms with van der Waals surface area (Å²) >= 11 is 0. The second-order valence-electron chi connectivity index (χ2n) is 8.43. The van der Waals surface area contributed by atoms with E-state index in [0.29, 0.717) is 18.5 Å². The van der Waals surface area contributed by atoms with Crippen LogP contribution in [0.1, 0.15) is 38.3 Å². The van der Waals surface area contributed by atoms with Crippen LogP contribution in [0.4, 0.5) is 4.79 Å². The Hall–Kier alpha value is -1.79. The number of likely N-dealkylation sites (tertiary alicyclic amines) is 1. The molecule has 2 heterocycles. The van der Waals surface area contributed by atoms with Crippen molar-refractivity contribution >= 4 is 6.03 Å². The number of hydrogen-bond acceptors (Lipinski definition) is 4. The van der Waals surface area contributed by atoms with Crippen LogP contribution in [0.2, 0.25) is 0 Å². The highest BCUT2D eigenvalue weighted by Crippen LogP contribution is 2.36. The minimum absolute atomic E-state index is 0.0492. The van der Waals surface area contributed by atoms with E-state index in [9.17, 15) is 4.79 Å². The Bertz CT molecular complexity index is 643. The maximum Gasteiger partial charge on any atom is 0.317 e. The van der Waals surface area contributed by atoms with Gasteiger partial charge < -0.3 is 19.9 Å². The van der Waals surface area contributed by atoms with Gasteiger partial charge in [-0.2, -0.15) is 0 Å². The van der Waals surface area contributed by atoms with E-state index in [-0.39, 0.29) is 12.1 Å². The van der Waals surface area contributed by atoms with Gasteiger partial charge in [-0.25, -0.2) is 4.79 Å². The van der Waals surface area contributed by atoms with E-state index < -0.39 is 0 Å². The molecule has 0 aromatic heterocycles. The number of nitrogens with one attached hydrogen (secondary N) is 1. The molecule has 156 valence electrons. The van der Waals surface area contributed by atoms with E-state index >= 15 is 0 Å². The fourth-order valence-corrected chi connectivity index (χ4v) is 4.51. The van der Waals surface area contributed by atoms with Crippen molar-refractivity contribution in [2.24, 2.45) is 5.92 Å². The number of ether oxygens (including phenoxy) is 1. The average molecular weight is 389 g/mol. The van der Waals surface area contributed by atoms with Crippen LogP contribution < -0.4 is 10.1 Å². The van der Waals surface area contributed by atoms with E-state index in [4.69, 9.17) is 4.74 Å². The minimum Gasteiger partial charge on any atom is -0.496 e. The van der Waals surface area contributed by atoms with Crippen LogP contribution in [0.25, 0.3) is 0 Å². The van der Waals surface area contributed by atoms with E-state index in [2.05, 4.69) is 42.1 Å². The molecule has 0 aliphatic carbocycles. The molecule has 1 aromatic rings. The number of urea groups is 1. The molecule has 0 saturated carbocycles. The molecule has 6 heteroatoms. The van der Waals surface area contributed by atoms with Gasteiger partial charge in [0, 0.05) is 50.9 Å². The second-order valence-corrected chi connectivity index (χ2v) is 8.43. The fourth-order valence-electron chi connectivity index (χ4n) is 4.51.